The second-order valence-corrected chi connectivity index (χ2v) is 12.0. The molecule has 5 heteroatoms. The van der Waals surface area contributed by atoms with Gasteiger partial charge < -0.3 is 0 Å². The average molecular weight is 415 g/mol. The Morgan fingerprint density at radius 3 is 2.29 bits per heavy atom. The third kappa shape index (κ3) is 4.06. The van der Waals surface area contributed by atoms with Gasteiger partial charge in [-0.3, -0.25) is 4.79 Å². The molecule has 3 rings (SSSR count). The summed E-state index contributed by atoms with van der Waals surface area (Å²) in [5, 5.41) is 3.30. The first-order valence-electron chi connectivity index (χ1n) is 9.30. The molecule has 0 N–H and O–H groups in total. The van der Waals surface area contributed by atoms with Gasteiger partial charge in [-0.25, -0.2) is 8.42 Å². The Labute approximate surface area is 171 Å². The van der Waals surface area contributed by atoms with Gasteiger partial charge in [0.25, 0.3) is 0 Å². The number of sulfone groups is 1. The molecular weight excluding hydrogens is 388 g/mol. The van der Waals surface area contributed by atoms with Crippen LogP contribution < -0.4 is 0 Å². The molecule has 0 amide bonds. The molecular formula is C23H26O3S2. The standard InChI is InChI=1S/C23H26O3S2/c1-15-12-19(16(2)20-10-11-27-22(15)20)13-21(24)18-8-6-17(7-9-18)14-28(25,26)23(3,4)5/h6-12H,13-14H2,1-5H3. The van der Waals surface area contributed by atoms with Gasteiger partial charge in [0.15, 0.2) is 15.6 Å². The minimum absolute atomic E-state index is 0.0158. The minimum Gasteiger partial charge on any atom is -0.294 e. The van der Waals surface area contributed by atoms with Gasteiger partial charge in [0.1, 0.15) is 0 Å². The van der Waals surface area contributed by atoms with Gasteiger partial charge in [-0.1, -0.05) is 30.3 Å². The van der Waals surface area contributed by atoms with Crippen molar-refractivity contribution in [1.29, 1.82) is 0 Å². The van der Waals surface area contributed by atoms with E-state index >= 15 is 0 Å². The van der Waals surface area contributed by atoms with E-state index in [4.69, 9.17) is 0 Å². The van der Waals surface area contributed by atoms with E-state index in [1.165, 1.54) is 15.6 Å². The molecule has 3 aromatic rings. The van der Waals surface area contributed by atoms with E-state index in [0.29, 0.717) is 17.5 Å². The largest absolute Gasteiger partial charge is 0.294 e. The lowest BCUT2D eigenvalue weighted by atomic mass is 9.95. The van der Waals surface area contributed by atoms with Crippen molar-refractivity contribution in [3.8, 4) is 0 Å². The van der Waals surface area contributed by atoms with E-state index in [2.05, 4.69) is 31.4 Å². The number of ketones is 1. The number of hydrogen-bond acceptors (Lipinski definition) is 4. The second-order valence-electron chi connectivity index (χ2n) is 8.31. The number of Topliss-reactive ketones (excluding diaryl/α,β-unsaturated/α-hetero) is 1. The van der Waals surface area contributed by atoms with Crippen molar-refractivity contribution in [2.24, 2.45) is 0 Å². The Hall–Kier alpha value is -1.98. The SMILES string of the molecule is Cc1c(CC(=O)c2ccc(CS(=O)(=O)C(C)(C)C)cc2)cc(C)c2sccc12. The number of carbonyl (C=O) groups excluding carboxylic acids is 1. The smallest absolute Gasteiger partial charge is 0.167 e. The van der Waals surface area contributed by atoms with Crippen LogP contribution in [0, 0.1) is 13.8 Å². The minimum atomic E-state index is -3.24. The number of fused-ring (bicyclic) bond motifs is 1. The quantitative estimate of drug-likeness (QED) is 0.506. The molecule has 0 unspecified atom stereocenters. The van der Waals surface area contributed by atoms with Gasteiger partial charge in [0, 0.05) is 16.7 Å². The Bertz CT molecular complexity index is 1130. The molecule has 0 atom stereocenters. The Balaban J connectivity index is 1.80. The lowest BCUT2D eigenvalue weighted by molar-refractivity contribution is 0.0993. The van der Waals surface area contributed by atoms with E-state index in [-0.39, 0.29) is 11.5 Å². The van der Waals surface area contributed by atoms with Gasteiger partial charge in [-0.15, -0.1) is 11.3 Å². The van der Waals surface area contributed by atoms with E-state index in [1.807, 2.05) is 0 Å². The van der Waals surface area contributed by atoms with Crippen molar-refractivity contribution in [3.63, 3.8) is 0 Å². The summed E-state index contributed by atoms with van der Waals surface area (Å²) in [6.45, 7) is 9.26. The molecule has 0 saturated carbocycles. The third-order valence-electron chi connectivity index (χ3n) is 5.22. The highest BCUT2D eigenvalue weighted by atomic mass is 32.2. The number of thiophene rings is 1. The molecule has 0 saturated heterocycles. The van der Waals surface area contributed by atoms with Gasteiger partial charge in [0.2, 0.25) is 0 Å². The molecule has 148 valence electrons. The number of rotatable bonds is 5. The van der Waals surface area contributed by atoms with Crippen LogP contribution in [0.1, 0.15) is 53.4 Å². The lowest BCUT2D eigenvalue weighted by Crippen LogP contribution is -2.29. The fourth-order valence-corrected chi connectivity index (χ4v) is 5.20. The van der Waals surface area contributed by atoms with Crippen molar-refractivity contribution in [2.75, 3.05) is 0 Å². The maximum atomic E-state index is 12.8. The monoisotopic (exact) mass is 414 g/mol. The van der Waals surface area contributed by atoms with E-state index in [0.717, 1.165) is 11.1 Å². The van der Waals surface area contributed by atoms with Crippen molar-refractivity contribution < 1.29 is 13.2 Å². The highest BCUT2D eigenvalue weighted by Crippen LogP contribution is 2.30. The predicted molar refractivity (Wildman–Crippen MR) is 118 cm³/mol. The Morgan fingerprint density at radius 1 is 1.04 bits per heavy atom. The number of benzene rings is 2. The molecule has 0 spiro atoms. The summed E-state index contributed by atoms with van der Waals surface area (Å²) < 4.78 is 25.2. The van der Waals surface area contributed by atoms with Crippen molar-refractivity contribution in [1.82, 2.24) is 0 Å². The molecule has 0 bridgehead atoms. The topological polar surface area (TPSA) is 51.2 Å². The van der Waals surface area contributed by atoms with Crippen LogP contribution in [0.25, 0.3) is 10.1 Å². The van der Waals surface area contributed by atoms with E-state index < -0.39 is 14.6 Å². The molecule has 2 aromatic carbocycles. The van der Waals surface area contributed by atoms with Crippen LogP contribution in [-0.2, 0) is 22.0 Å². The lowest BCUT2D eigenvalue weighted by Gasteiger charge is -2.19. The van der Waals surface area contributed by atoms with Crippen molar-refractivity contribution in [3.05, 3.63) is 69.6 Å². The molecule has 1 heterocycles. The summed E-state index contributed by atoms with van der Waals surface area (Å²) in [5.41, 5.74) is 4.72. The molecule has 0 fully saturated rings. The van der Waals surface area contributed by atoms with Gasteiger partial charge in [0.05, 0.1) is 10.5 Å². The maximum absolute atomic E-state index is 12.8. The summed E-state index contributed by atoms with van der Waals surface area (Å²) in [4.78, 5) is 12.8. The van der Waals surface area contributed by atoms with Gasteiger partial charge >= 0.3 is 0 Å². The summed E-state index contributed by atoms with van der Waals surface area (Å²) in [5.74, 6) is 0.0280. The van der Waals surface area contributed by atoms with Gasteiger partial charge in [-0.2, -0.15) is 0 Å². The zero-order valence-corrected chi connectivity index (χ0v) is 18.6. The molecule has 0 radical (unpaired) electrons. The zero-order valence-electron chi connectivity index (χ0n) is 17.0. The molecule has 3 nitrogen and oxygen atoms in total. The first kappa shape index (κ1) is 20.7. The highest BCUT2D eigenvalue weighted by molar-refractivity contribution is 7.91. The first-order chi connectivity index (χ1) is 13.0. The van der Waals surface area contributed by atoms with Crippen LogP contribution in [0.4, 0.5) is 0 Å². The molecule has 0 aliphatic heterocycles. The summed E-state index contributed by atoms with van der Waals surface area (Å²) in [7, 11) is -3.24. The van der Waals surface area contributed by atoms with E-state index in [9.17, 15) is 13.2 Å². The maximum Gasteiger partial charge on any atom is 0.167 e. The third-order valence-corrected chi connectivity index (χ3v) is 8.85. The van der Waals surface area contributed by atoms with Crippen LogP contribution in [0.3, 0.4) is 0 Å². The van der Waals surface area contributed by atoms with Crippen LogP contribution in [0.5, 0.6) is 0 Å². The summed E-state index contributed by atoms with van der Waals surface area (Å²) >= 11 is 1.73. The van der Waals surface area contributed by atoms with Gasteiger partial charge in [-0.05, 0) is 73.7 Å². The van der Waals surface area contributed by atoms with Crippen molar-refractivity contribution >= 4 is 37.0 Å². The second kappa shape index (κ2) is 7.45. The van der Waals surface area contributed by atoms with Crippen LogP contribution >= 0.6 is 11.3 Å². The Kier molecular flexibility index (Phi) is 5.52. The molecule has 1 aromatic heterocycles. The highest BCUT2D eigenvalue weighted by Gasteiger charge is 2.29. The fourth-order valence-electron chi connectivity index (χ4n) is 3.20. The molecule has 28 heavy (non-hydrogen) atoms. The molecule has 0 aliphatic carbocycles. The first-order valence-corrected chi connectivity index (χ1v) is 11.8. The van der Waals surface area contributed by atoms with Crippen molar-refractivity contribution in [2.45, 2.75) is 51.5 Å². The summed E-state index contributed by atoms with van der Waals surface area (Å²) in [6, 6.07) is 11.2. The Morgan fingerprint density at radius 2 is 1.68 bits per heavy atom. The predicted octanol–water partition coefficient (Wildman–Crippen LogP) is 5.66. The number of carbonyl (C=O) groups is 1. The number of hydrogen-bond donors (Lipinski definition) is 0. The fraction of sp³-hybridized carbons (Fsp3) is 0.348. The molecule has 0 aliphatic rings. The van der Waals surface area contributed by atoms with Crippen LogP contribution in [0.2, 0.25) is 0 Å². The normalized spacial score (nSPS) is 12.5. The zero-order chi connectivity index (χ0) is 20.7. The number of aryl methyl sites for hydroxylation is 2. The summed E-state index contributed by atoms with van der Waals surface area (Å²) in [6.07, 6.45) is 0.345. The average Bonchev–Trinajstić information content (AvgIpc) is 3.09. The van der Waals surface area contributed by atoms with E-state index in [1.54, 1.807) is 56.4 Å². The van der Waals surface area contributed by atoms with Crippen LogP contribution in [0.15, 0.2) is 41.8 Å². The van der Waals surface area contributed by atoms with Crippen LogP contribution in [-0.4, -0.2) is 18.9 Å².